The van der Waals surface area contributed by atoms with Gasteiger partial charge in [0.2, 0.25) is 5.91 Å². The van der Waals surface area contributed by atoms with E-state index in [4.69, 9.17) is 0 Å². The van der Waals surface area contributed by atoms with Gasteiger partial charge < -0.3 is 5.32 Å². The fourth-order valence-corrected chi connectivity index (χ4v) is 2.99. The Morgan fingerprint density at radius 3 is 2.71 bits per heavy atom. The summed E-state index contributed by atoms with van der Waals surface area (Å²) in [6.45, 7) is 7.00. The van der Waals surface area contributed by atoms with Crippen molar-refractivity contribution in [2.45, 2.75) is 33.6 Å². The third-order valence-electron chi connectivity index (χ3n) is 3.18. The van der Waals surface area contributed by atoms with Gasteiger partial charge in [0.05, 0.1) is 12.1 Å². The summed E-state index contributed by atoms with van der Waals surface area (Å²) in [6, 6.07) is 3.87. The van der Waals surface area contributed by atoms with Gasteiger partial charge in [-0.15, -0.1) is 11.3 Å². The van der Waals surface area contributed by atoms with Gasteiger partial charge in [-0.2, -0.15) is 0 Å². The maximum atomic E-state index is 11.9. The van der Waals surface area contributed by atoms with E-state index >= 15 is 0 Å². The minimum atomic E-state index is 0.0729. The zero-order valence-electron chi connectivity index (χ0n) is 12.7. The minimum Gasteiger partial charge on any atom is -0.356 e. The minimum absolute atomic E-state index is 0.0729. The smallest absolute Gasteiger partial charge is 0.225 e. The van der Waals surface area contributed by atoms with Gasteiger partial charge >= 0.3 is 0 Å². The number of nitrogens with zero attached hydrogens (tertiary/aromatic N) is 2. The van der Waals surface area contributed by atoms with Crippen molar-refractivity contribution < 1.29 is 4.79 Å². The van der Waals surface area contributed by atoms with Crippen LogP contribution in [0, 0.1) is 12.8 Å². The standard InChI is InChI=1S/C16H21N3OS/c1-11(2)4-9-18-15(20)10-14-12(3)19-16(21-14)13-5-7-17-8-6-13/h5-8,11H,4,9-10H2,1-3H3,(H,18,20). The predicted molar refractivity (Wildman–Crippen MR) is 86.3 cm³/mol. The van der Waals surface area contributed by atoms with Gasteiger partial charge in [-0.3, -0.25) is 9.78 Å². The number of hydrogen-bond donors (Lipinski definition) is 1. The van der Waals surface area contributed by atoms with Crippen LogP contribution in [0.4, 0.5) is 0 Å². The first-order valence-corrected chi connectivity index (χ1v) is 8.01. The molecule has 0 aromatic carbocycles. The molecule has 2 aromatic rings. The second-order valence-corrected chi connectivity index (χ2v) is 6.56. The SMILES string of the molecule is Cc1nc(-c2ccncc2)sc1CC(=O)NCCC(C)C. The van der Waals surface area contributed by atoms with Gasteiger partial charge in [-0.25, -0.2) is 4.98 Å². The van der Waals surface area contributed by atoms with E-state index in [9.17, 15) is 4.79 Å². The molecule has 0 aliphatic rings. The van der Waals surface area contributed by atoms with E-state index in [1.165, 1.54) is 0 Å². The molecule has 2 heterocycles. The largest absolute Gasteiger partial charge is 0.356 e. The molecule has 0 fully saturated rings. The fraction of sp³-hybridized carbons (Fsp3) is 0.438. The topological polar surface area (TPSA) is 54.9 Å². The Balaban J connectivity index is 1.98. The Morgan fingerprint density at radius 1 is 1.33 bits per heavy atom. The van der Waals surface area contributed by atoms with E-state index in [2.05, 4.69) is 29.1 Å². The van der Waals surface area contributed by atoms with Crippen LogP contribution >= 0.6 is 11.3 Å². The summed E-state index contributed by atoms with van der Waals surface area (Å²) in [6.07, 6.45) is 4.93. The quantitative estimate of drug-likeness (QED) is 0.891. The summed E-state index contributed by atoms with van der Waals surface area (Å²) in [5.74, 6) is 0.678. The Labute approximate surface area is 129 Å². The Morgan fingerprint density at radius 2 is 2.05 bits per heavy atom. The molecule has 2 rings (SSSR count). The summed E-state index contributed by atoms with van der Waals surface area (Å²) in [5, 5.41) is 3.91. The number of hydrogen-bond acceptors (Lipinski definition) is 4. The number of rotatable bonds is 6. The Bertz CT molecular complexity index is 593. The number of thiazole rings is 1. The lowest BCUT2D eigenvalue weighted by atomic mass is 10.1. The number of pyridine rings is 1. The summed E-state index contributed by atoms with van der Waals surface area (Å²) in [5.41, 5.74) is 1.98. The van der Waals surface area contributed by atoms with Crippen molar-refractivity contribution in [3.05, 3.63) is 35.1 Å². The highest BCUT2D eigenvalue weighted by atomic mass is 32.1. The van der Waals surface area contributed by atoms with Crippen LogP contribution in [0.3, 0.4) is 0 Å². The van der Waals surface area contributed by atoms with Crippen LogP contribution in [-0.4, -0.2) is 22.4 Å². The maximum Gasteiger partial charge on any atom is 0.225 e. The molecule has 0 bridgehead atoms. The predicted octanol–water partition coefficient (Wildman–Crippen LogP) is 3.22. The van der Waals surface area contributed by atoms with Crippen molar-refractivity contribution in [2.75, 3.05) is 6.54 Å². The van der Waals surface area contributed by atoms with Crippen LogP contribution < -0.4 is 5.32 Å². The molecular weight excluding hydrogens is 282 g/mol. The van der Waals surface area contributed by atoms with Crippen LogP contribution in [-0.2, 0) is 11.2 Å². The van der Waals surface area contributed by atoms with E-state index in [-0.39, 0.29) is 5.91 Å². The van der Waals surface area contributed by atoms with Gasteiger partial charge in [0, 0.05) is 29.4 Å². The molecule has 112 valence electrons. The molecule has 0 atom stereocenters. The number of amides is 1. The zero-order chi connectivity index (χ0) is 15.2. The molecule has 21 heavy (non-hydrogen) atoms. The molecule has 0 unspecified atom stereocenters. The van der Waals surface area contributed by atoms with E-state index in [1.54, 1.807) is 23.7 Å². The van der Waals surface area contributed by atoms with Crippen LogP contribution in [0.25, 0.3) is 10.6 Å². The Kier molecular flexibility index (Phi) is 5.44. The van der Waals surface area contributed by atoms with Crippen LogP contribution in [0.1, 0.15) is 30.8 Å². The Hall–Kier alpha value is -1.75. The number of aromatic nitrogens is 2. The molecular formula is C16H21N3OS. The molecule has 0 radical (unpaired) electrons. The van der Waals surface area contributed by atoms with Gasteiger partial charge in [0.1, 0.15) is 5.01 Å². The molecule has 0 spiro atoms. The van der Waals surface area contributed by atoms with Crippen molar-refractivity contribution in [3.63, 3.8) is 0 Å². The van der Waals surface area contributed by atoms with Crippen LogP contribution in [0.15, 0.2) is 24.5 Å². The summed E-state index contributed by atoms with van der Waals surface area (Å²) in [7, 11) is 0. The van der Waals surface area contributed by atoms with Crippen molar-refractivity contribution in [1.82, 2.24) is 15.3 Å². The summed E-state index contributed by atoms with van der Waals surface area (Å²) >= 11 is 1.58. The molecule has 2 aromatic heterocycles. The average Bonchev–Trinajstić information content (AvgIpc) is 2.81. The van der Waals surface area contributed by atoms with E-state index in [1.807, 2.05) is 19.1 Å². The lowest BCUT2D eigenvalue weighted by molar-refractivity contribution is -0.120. The first kappa shape index (κ1) is 15.6. The lowest BCUT2D eigenvalue weighted by Gasteiger charge is -2.06. The van der Waals surface area contributed by atoms with E-state index in [0.717, 1.165) is 34.1 Å². The molecule has 1 N–H and O–H groups in total. The number of carbonyl (C=O) groups is 1. The highest BCUT2D eigenvalue weighted by Gasteiger charge is 2.12. The highest BCUT2D eigenvalue weighted by Crippen LogP contribution is 2.27. The summed E-state index contributed by atoms with van der Waals surface area (Å²) in [4.78, 5) is 21.5. The maximum absolute atomic E-state index is 11.9. The third-order valence-corrected chi connectivity index (χ3v) is 4.39. The summed E-state index contributed by atoms with van der Waals surface area (Å²) < 4.78 is 0. The third kappa shape index (κ3) is 4.63. The van der Waals surface area contributed by atoms with Gasteiger partial charge in [-0.05, 0) is 31.4 Å². The van der Waals surface area contributed by atoms with Gasteiger partial charge in [0.25, 0.3) is 0 Å². The second-order valence-electron chi connectivity index (χ2n) is 5.47. The molecule has 4 nitrogen and oxygen atoms in total. The van der Waals surface area contributed by atoms with Gasteiger partial charge in [0.15, 0.2) is 0 Å². The molecule has 1 amide bonds. The molecule has 0 saturated carbocycles. The second kappa shape index (κ2) is 7.31. The number of nitrogens with one attached hydrogen (secondary N) is 1. The molecule has 0 aliphatic heterocycles. The first-order chi connectivity index (χ1) is 10.1. The normalized spacial score (nSPS) is 10.9. The average molecular weight is 303 g/mol. The van der Waals surface area contributed by atoms with Crippen molar-refractivity contribution in [1.29, 1.82) is 0 Å². The number of aryl methyl sites for hydroxylation is 1. The molecule has 5 heteroatoms. The lowest BCUT2D eigenvalue weighted by Crippen LogP contribution is -2.26. The van der Waals surface area contributed by atoms with Crippen molar-refractivity contribution in [2.24, 2.45) is 5.92 Å². The first-order valence-electron chi connectivity index (χ1n) is 7.19. The van der Waals surface area contributed by atoms with E-state index < -0.39 is 0 Å². The number of carbonyl (C=O) groups excluding carboxylic acids is 1. The van der Waals surface area contributed by atoms with E-state index in [0.29, 0.717) is 12.3 Å². The fourth-order valence-electron chi connectivity index (χ4n) is 1.92. The molecule has 0 aliphatic carbocycles. The van der Waals surface area contributed by atoms with Crippen LogP contribution in [0.2, 0.25) is 0 Å². The van der Waals surface area contributed by atoms with Crippen molar-refractivity contribution in [3.8, 4) is 10.6 Å². The van der Waals surface area contributed by atoms with Crippen molar-refractivity contribution >= 4 is 17.2 Å². The van der Waals surface area contributed by atoms with Gasteiger partial charge in [-0.1, -0.05) is 13.8 Å². The van der Waals surface area contributed by atoms with Crippen LogP contribution in [0.5, 0.6) is 0 Å². The molecule has 0 saturated heterocycles. The highest BCUT2D eigenvalue weighted by molar-refractivity contribution is 7.15. The monoisotopic (exact) mass is 303 g/mol. The zero-order valence-corrected chi connectivity index (χ0v) is 13.5.